The van der Waals surface area contributed by atoms with E-state index in [0.29, 0.717) is 5.57 Å². The first-order chi connectivity index (χ1) is 9.23. The molecule has 0 saturated heterocycles. The summed E-state index contributed by atoms with van der Waals surface area (Å²) in [4.78, 5) is 21.5. The van der Waals surface area contributed by atoms with E-state index in [0.717, 1.165) is 17.7 Å². The van der Waals surface area contributed by atoms with Crippen LogP contribution in [-0.2, 0) is 15.0 Å². The van der Waals surface area contributed by atoms with Crippen LogP contribution in [0.2, 0.25) is 0 Å². The van der Waals surface area contributed by atoms with Crippen LogP contribution in [0.5, 0.6) is 5.75 Å². The average Bonchev–Trinajstić information content (AvgIpc) is 2.34. The highest BCUT2D eigenvalue weighted by Crippen LogP contribution is 2.33. The Bertz CT molecular complexity index is 564. The monoisotopic (exact) mass is 276 g/mol. The molecule has 106 valence electrons. The number of rotatable bonds is 5. The second-order valence-electron chi connectivity index (χ2n) is 4.78. The molecule has 0 bridgehead atoms. The highest BCUT2D eigenvalue weighted by molar-refractivity contribution is 5.84. The Kier molecular flexibility index (Phi) is 4.69. The van der Waals surface area contributed by atoms with Crippen molar-refractivity contribution in [3.05, 3.63) is 53.6 Å². The van der Waals surface area contributed by atoms with E-state index in [9.17, 15) is 14.7 Å². The van der Waals surface area contributed by atoms with Crippen molar-refractivity contribution in [2.45, 2.75) is 19.3 Å². The third kappa shape index (κ3) is 3.98. The zero-order chi connectivity index (χ0) is 15.3. The molecule has 0 aliphatic carbocycles. The zero-order valence-corrected chi connectivity index (χ0v) is 11.2. The molecule has 20 heavy (non-hydrogen) atoms. The van der Waals surface area contributed by atoms with Gasteiger partial charge < -0.3 is 15.3 Å². The lowest BCUT2D eigenvalue weighted by Gasteiger charge is -2.26. The van der Waals surface area contributed by atoms with E-state index in [2.05, 4.69) is 0 Å². The van der Waals surface area contributed by atoms with Crippen molar-refractivity contribution < 1.29 is 24.9 Å². The maximum Gasteiger partial charge on any atom is 0.328 e. The fourth-order valence-corrected chi connectivity index (χ4v) is 1.78. The topological polar surface area (TPSA) is 94.8 Å². The van der Waals surface area contributed by atoms with Gasteiger partial charge in [-0.1, -0.05) is 32.1 Å². The van der Waals surface area contributed by atoms with E-state index in [1.165, 1.54) is 18.2 Å². The fraction of sp³-hybridized carbons (Fsp3) is 0.200. The summed E-state index contributed by atoms with van der Waals surface area (Å²) in [5.74, 6) is -2.20. The predicted molar refractivity (Wildman–Crippen MR) is 73.6 cm³/mol. The average molecular weight is 276 g/mol. The molecule has 0 amide bonds. The molecule has 0 heterocycles. The van der Waals surface area contributed by atoms with E-state index in [1.807, 2.05) is 0 Å². The number of carbonyl (C=O) groups is 2. The minimum atomic E-state index is -1.15. The number of carboxylic acids is 2. The van der Waals surface area contributed by atoms with Crippen LogP contribution in [0.4, 0.5) is 0 Å². The van der Waals surface area contributed by atoms with Crippen LogP contribution < -0.4 is 0 Å². The molecule has 0 aliphatic rings. The Morgan fingerprint density at radius 3 is 2.00 bits per heavy atom. The molecular weight excluding hydrogens is 260 g/mol. The maximum atomic E-state index is 10.9. The third-order valence-corrected chi connectivity index (χ3v) is 3.00. The van der Waals surface area contributed by atoms with E-state index >= 15 is 0 Å². The SMILES string of the molecule is CC(C)(C(/C=C\C(=O)O)=C/C(=O)O)c1ccc(O)cc1. The molecule has 1 aromatic rings. The number of hydrogen-bond acceptors (Lipinski definition) is 3. The van der Waals surface area contributed by atoms with E-state index < -0.39 is 17.4 Å². The first kappa shape index (κ1) is 15.5. The van der Waals surface area contributed by atoms with Crippen molar-refractivity contribution in [1.29, 1.82) is 0 Å². The van der Waals surface area contributed by atoms with Crippen molar-refractivity contribution in [3.8, 4) is 5.75 Å². The van der Waals surface area contributed by atoms with Gasteiger partial charge in [-0.05, 0) is 23.3 Å². The molecule has 0 saturated carbocycles. The summed E-state index contributed by atoms with van der Waals surface area (Å²) in [5, 5.41) is 26.9. The Hall–Kier alpha value is -2.56. The molecule has 1 rings (SSSR count). The summed E-state index contributed by atoms with van der Waals surface area (Å²) in [5.41, 5.74) is 0.397. The van der Waals surface area contributed by atoms with Gasteiger partial charge in [0.25, 0.3) is 0 Å². The van der Waals surface area contributed by atoms with Gasteiger partial charge in [0.05, 0.1) is 0 Å². The van der Waals surface area contributed by atoms with Gasteiger partial charge in [-0.15, -0.1) is 0 Å². The summed E-state index contributed by atoms with van der Waals surface area (Å²) in [6.07, 6.45) is 3.15. The summed E-state index contributed by atoms with van der Waals surface area (Å²) in [7, 11) is 0. The predicted octanol–water partition coefficient (Wildman–Crippen LogP) is 2.32. The fourth-order valence-electron chi connectivity index (χ4n) is 1.78. The molecule has 0 fully saturated rings. The Morgan fingerprint density at radius 1 is 1.00 bits per heavy atom. The van der Waals surface area contributed by atoms with Crippen molar-refractivity contribution >= 4 is 11.9 Å². The molecular formula is C15H16O5. The molecule has 1 aromatic carbocycles. The number of aliphatic carboxylic acids is 2. The van der Waals surface area contributed by atoms with Crippen molar-refractivity contribution in [2.75, 3.05) is 0 Å². The molecule has 0 radical (unpaired) electrons. The lowest BCUT2D eigenvalue weighted by molar-refractivity contribution is -0.132. The van der Waals surface area contributed by atoms with Crippen LogP contribution in [0.15, 0.2) is 48.1 Å². The van der Waals surface area contributed by atoms with Crippen molar-refractivity contribution in [1.82, 2.24) is 0 Å². The number of benzene rings is 1. The number of carboxylic acid groups (broad SMARTS) is 2. The lowest BCUT2D eigenvalue weighted by Crippen LogP contribution is -2.20. The van der Waals surface area contributed by atoms with Gasteiger partial charge >= 0.3 is 11.9 Å². The zero-order valence-electron chi connectivity index (χ0n) is 11.2. The number of phenolic OH excluding ortho intramolecular Hbond substituents is 1. The molecule has 5 nitrogen and oxygen atoms in total. The Labute approximate surface area is 116 Å². The number of aromatic hydroxyl groups is 1. The normalized spacial score (nSPS) is 12.6. The van der Waals surface area contributed by atoms with Gasteiger partial charge in [0.15, 0.2) is 0 Å². The van der Waals surface area contributed by atoms with Gasteiger partial charge in [0, 0.05) is 17.6 Å². The van der Waals surface area contributed by atoms with Crippen LogP contribution in [-0.4, -0.2) is 27.3 Å². The van der Waals surface area contributed by atoms with Crippen LogP contribution in [0.25, 0.3) is 0 Å². The summed E-state index contributed by atoms with van der Waals surface area (Å²) < 4.78 is 0. The molecule has 3 N–H and O–H groups in total. The van der Waals surface area contributed by atoms with Crippen LogP contribution in [0, 0.1) is 0 Å². The minimum absolute atomic E-state index is 0.106. The number of phenols is 1. The molecule has 0 spiro atoms. The summed E-state index contributed by atoms with van der Waals surface area (Å²) >= 11 is 0. The lowest BCUT2D eigenvalue weighted by atomic mass is 9.77. The van der Waals surface area contributed by atoms with Crippen LogP contribution in [0.3, 0.4) is 0 Å². The summed E-state index contributed by atoms with van der Waals surface area (Å²) in [6, 6.07) is 6.33. The Balaban J connectivity index is 3.26. The van der Waals surface area contributed by atoms with Gasteiger partial charge in [0.2, 0.25) is 0 Å². The number of allylic oxidation sites excluding steroid dienone is 2. The highest BCUT2D eigenvalue weighted by atomic mass is 16.4. The van der Waals surface area contributed by atoms with Gasteiger partial charge in [-0.25, -0.2) is 9.59 Å². The molecule has 0 unspecified atom stereocenters. The second-order valence-corrected chi connectivity index (χ2v) is 4.78. The molecule has 0 atom stereocenters. The standard InChI is InChI=1S/C15H16O5/c1-15(2,10-3-6-12(16)7-4-10)11(9-14(19)20)5-8-13(17)18/h3-9,16H,1-2H3,(H,17,18)(H,19,20)/b8-5-,11-9+. The third-order valence-electron chi connectivity index (χ3n) is 3.00. The highest BCUT2D eigenvalue weighted by Gasteiger charge is 2.25. The minimum Gasteiger partial charge on any atom is -0.508 e. The molecule has 0 aromatic heterocycles. The second kappa shape index (κ2) is 6.06. The van der Waals surface area contributed by atoms with Gasteiger partial charge in [-0.2, -0.15) is 0 Å². The smallest absolute Gasteiger partial charge is 0.328 e. The molecule has 5 heteroatoms. The number of hydrogen-bond donors (Lipinski definition) is 3. The quantitative estimate of drug-likeness (QED) is 0.566. The maximum absolute atomic E-state index is 10.9. The summed E-state index contributed by atoms with van der Waals surface area (Å²) in [6.45, 7) is 3.56. The van der Waals surface area contributed by atoms with E-state index in [1.54, 1.807) is 26.0 Å². The van der Waals surface area contributed by atoms with Gasteiger partial charge in [0.1, 0.15) is 5.75 Å². The molecule has 0 aliphatic heterocycles. The first-order valence-corrected chi connectivity index (χ1v) is 5.89. The van der Waals surface area contributed by atoms with E-state index in [-0.39, 0.29) is 5.75 Å². The van der Waals surface area contributed by atoms with Crippen molar-refractivity contribution in [2.24, 2.45) is 0 Å². The Morgan fingerprint density at radius 2 is 1.55 bits per heavy atom. The van der Waals surface area contributed by atoms with Crippen LogP contribution >= 0.6 is 0 Å². The van der Waals surface area contributed by atoms with Gasteiger partial charge in [-0.3, -0.25) is 0 Å². The van der Waals surface area contributed by atoms with E-state index in [4.69, 9.17) is 10.2 Å². The first-order valence-electron chi connectivity index (χ1n) is 5.89. The van der Waals surface area contributed by atoms with Crippen LogP contribution in [0.1, 0.15) is 19.4 Å². The van der Waals surface area contributed by atoms with Crippen molar-refractivity contribution in [3.63, 3.8) is 0 Å². The largest absolute Gasteiger partial charge is 0.508 e.